The third kappa shape index (κ3) is 2.82. The smallest absolute Gasteiger partial charge is 0.341 e. The van der Waals surface area contributed by atoms with Crippen molar-refractivity contribution in [1.29, 1.82) is 0 Å². The maximum absolute atomic E-state index is 11.8. The van der Waals surface area contributed by atoms with Crippen molar-refractivity contribution >= 4 is 44.8 Å². The van der Waals surface area contributed by atoms with E-state index in [0.717, 1.165) is 15.6 Å². The van der Waals surface area contributed by atoms with Crippen LogP contribution in [0.15, 0.2) is 12.1 Å². The number of nitrogens with zero attached hydrogens (tertiary/aromatic N) is 1. The summed E-state index contributed by atoms with van der Waals surface area (Å²) in [5.74, 6) is -0.246. The van der Waals surface area contributed by atoms with Crippen molar-refractivity contribution in [2.45, 2.75) is 6.54 Å². The fourth-order valence-corrected chi connectivity index (χ4v) is 3.09. The molecule has 0 bridgehead atoms. The zero-order valence-electron chi connectivity index (χ0n) is 11.5. The average molecular weight is 317 g/mol. The van der Waals surface area contributed by atoms with Gasteiger partial charge in [-0.2, -0.15) is 0 Å². The van der Waals surface area contributed by atoms with Crippen LogP contribution >= 0.6 is 23.7 Å². The number of anilines is 1. The number of carbonyl (C=O) groups is 1. The van der Waals surface area contributed by atoms with Crippen molar-refractivity contribution in [3.05, 3.63) is 23.3 Å². The summed E-state index contributed by atoms with van der Waals surface area (Å²) < 4.78 is 5.58. The average Bonchev–Trinajstić information content (AvgIpc) is 2.68. The number of esters is 1. The predicted molar refractivity (Wildman–Crippen MR) is 83.9 cm³/mol. The highest BCUT2D eigenvalue weighted by atomic mass is 35.5. The van der Waals surface area contributed by atoms with Gasteiger partial charge in [-0.1, -0.05) is 0 Å². The second-order valence-electron chi connectivity index (χ2n) is 4.51. The van der Waals surface area contributed by atoms with Crippen molar-refractivity contribution < 1.29 is 14.6 Å². The van der Waals surface area contributed by atoms with Crippen LogP contribution in [0.4, 0.5) is 5.00 Å². The van der Waals surface area contributed by atoms with Gasteiger partial charge in [-0.05, 0) is 26.2 Å². The number of fused-ring (bicyclic) bond motifs is 1. The van der Waals surface area contributed by atoms with E-state index < -0.39 is 5.97 Å². The molecule has 0 saturated heterocycles. The molecule has 0 unspecified atom stereocenters. The second-order valence-corrected chi connectivity index (χ2v) is 5.56. The first-order chi connectivity index (χ1) is 8.95. The van der Waals surface area contributed by atoms with Gasteiger partial charge in [0.1, 0.15) is 16.3 Å². The predicted octanol–water partition coefficient (Wildman–Crippen LogP) is 2.46. The number of halogens is 1. The number of hydrogen-bond acceptors (Lipinski definition) is 6. The minimum Gasteiger partial charge on any atom is -0.508 e. The first-order valence-corrected chi connectivity index (χ1v) is 6.53. The van der Waals surface area contributed by atoms with Crippen LogP contribution in [-0.4, -0.2) is 37.2 Å². The molecule has 20 heavy (non-hydrogen) atoms. The Morgan fingerprint density at radius 2 is 2.10 bits per heavy atom. The highest BCUT2D eigenvalue weighted by Gasteiger charge is 2.21. The van der Waals surface area contributed by atoms with Gasteiger partial charge in [0.15, 0.2) is 0 Å². The Balaban J connectivity index is 0.00000200. The number of methoxy groups -OCH3 is 1. The van der Waals surface area contributed by atoms with Crippen LogP contribution in [0, 0.1) is 0 Å². The topological polar surface area (TPSA) is 75.8 Å². The fraction of sp³-hybridized carbons (Fsp3) is 0.308. The number of nitrogen functional groups attached to an aromatic ring is 1. The molecule has 0 atom stereocenters. The maximum atomic E-state index is 11.8. The van der Waals surface area contributed by atoms with Crippen molar-refractivity contribution in [3.8, 4) is 5.75 Å². The van der Waals surface area contributed by atoms with E-state index in [1.807, 2.05) is 19.0 Å². The van der Waals surface area contributed by atoms with Crippen molar-refractivity contribution in [1.82, 2.24) is 4.90 Å². The standard InChI is InChI=1S/C13H16N2O3S.ClH/c1-15(2)6-8-9(16)5-4-7-10(13(17)18-3)12(14)19-11(7)8;/h4-5,16H,6,14H2,1-3H3;1H. The van der Waals surface area contributed by atoms with Gasteiger partial charge in [-0.3, -0.25) is 0 Å². The molecule has 1 heterocycles. The minimum atomic E-state index is -0.453. The van der Waals surface area contributed by atoms with Crippen LogP contribution in [0.5, 0.6) is 5.75 Å². The number of thiophene rings is 1. The summed E-state index contributed by atoms with van der Waals surface area (Å²) in [4.78, 5) is 13.7. The quantitative estimate of drug-likeness (QED) is 0.851. The van der Waals surface area contributed by atoms with Crippen molar-refractivity contribution in [2.24, 2.45) is 0 Å². The van der Waals surface area contributed by atoms with E-state index in [0.29, 0.717) is 17.1 Å². The molecule has 0 aliphatic carbocycles. The Morgan fingerprint density at radius 3 is 2.65 bits per heavy atom. The van der Waals surface area contributed by atoms with Crippen LogP contribution in [0.3, 0.4) is 0 Å². The van der Waals surface area contributed by atoms with E-state index >= 15 is 0 Å². The van der Waals surface area contributed by atoms with Crippen molar-refractivity contribution in [2.75, 3.05) is 26.9 Å². The van der Waals surface area contributed by atoms with Gasteiger partial charge < -0.3 is 20.5 Å². The third-order valence-corrected chi connectivity index (χ3v) is 3.92. The summed E-state index contributed by atoms with van der Waals surface area (Å²) in [6.45, 7) is 0.573. The number of ether oxygens (including phenoxy) is 1. The van der Waals surface area contributed by atoms with Gasteiger partial charge in [0.2, 0.25) is 0 Å². The van der Waals surface area contributed by atoms with Gasteiger partial charge in [-0.25, -0.2) is 4.79 Å². The molecular formula is C13H17ClN2O3S. The van der Waals surface area contributed by atoms with Gasteiger partial charge in [0, 0.05) is 22.2 Å². The van der Waals surface area contributed by atoms with Gasteiger partial charge in [0.05, 0.1) is 7.11 Å². The monoisotopic (exact) mass is 316 g/mol. The molecule has 0 aliphatic rings. The summed E-state index contributed by atoms with van der Waals surface area (Å²) in [5, 5.41) is 11.1. The largest absolute Gasteiger partial charge is 0.508 e. The number of phenolic OH excluding ortho intramolecular Hbond substituents is 1. The molecule has 3 N–H and O–H groups in total. The van der Waals surface area contributed by atoms with E-state index in [9.17, 15) is 9.90 Å². The molecule has 0 fully saturated rings. The molecule has 0 radical (unpaired) electrons. The molecule has 1 aromatic carbocycles. The summed E-state index contributed by atoms with van der Waals surface area (Å²) in [6, 6.07) is 3.28. The zero-order chi connectivity index (χ0) is 14.2. The normalized spacial score (nSPS) is 10.6. The lowest BCUT2D eigenvalue weighted by atomic mass is 10.1. The number of nitrogens with two attached hydrogens (primary N) is 1. The second kappa shape index (κ2) is 6.30. The number of carbonyl (C=O) groups excluding carboxylic acids is 1. The molecule has 0 saturated carbocycles. The van der Waals surface area contributed by atoms with E-state index in [4.69, 9.17) is 10.5 Å². The SMILES string of the molecule is COC(=O)c1c(N)sc2c(CN(C)C)c(O)ccc12.Cl. The van der Waals surface area contributed by atoms with Gasteiger partial charge in [0.25, 0.3) is 0 Å². The van der Waals surface area contributed by atoms with Crippen LogP contribution < -0.4 is 5.73 Å². The summed E-state index contributed by atoms with van der Waals surface area (Å²) >= 11 is 1.30. The summed E-state index contributed by atoms with van der Waals surface area (Å²) in [5.41, 5.74) is 7.05. The molecule has 2 rings (SSSR count). The van der Waals surface area contributed by atoms with E-state index in [1.54, 1.807) is 12.1 Å². The molecular weight excluding hydrogens is 300 g/mol. The van der Waals surface area contributed by atoms with Crippen LogP contribution in [-0.2, 0) is 11.3 Å². The number of benzene rings is 1. The Kier molecular flexibility index (Phi) is 5.21. The molecule has 110 valence electrons. The van der Waals surface area contributed by atoms with Crippen LogP contribution in [0.25, 0.3) is 10.1 Å². The zero-order valence-corrected chi connectivity index (χ0v) is 13.1. The third-order valence-electron chi connectivity index (χ3n) is 2.83. The Hall–Kier alpha value is -1.50. The highest BCUT2D eigenvalue weighted by Crippen LogP contribution is 2.39. The number of hydrogen-bond donors (Lipinski definition) is 2. The molecule has 7 heteroatoms. The first-order valence-electron chi connectivity index (χ1n) is 5.71. The highest BCUT2D eigenvalue weighted by molar-refractivity contribution is 7.23. The molecule has 0 spiro atoms. The van der Waals surface area contributed by atoms with E-state index in [2.05, 4.69) is 0 Å². The molecule has 1 aromatic heterocycles. The van der Waals surface area contributed by atoms with E-state index in [-0.39, 0.29) is 18.2 Å². The number of rotatable bonds is 3. The van der Waals surface area contributed by atoms with Crippen molar-refractivity contribution in [3.63, 3.8) is 0 Å². The Bertz CT molecular complexity index is 640. The molecule has 5 nitrogen and oxygen atoms in total. The van der Waals surface area contributed by atoms with Crippen LogP contribution in [0.1, 0.15) is 15.9 Å². The molecule has 2 aromatic rings. The molecule has 0 amide bonds. The lowest BCUT2D eigenvalue weighted by Crippen LogP contribution is -2.10. The van der Waals surface area contributed by atoms with Crippen LogP contribution in [0.2, 0.25) is 0 Å². The fourth-order valence-electron chi connectivity index (χ4n) is 2.01. The maximum Gasteiger partial charge on any atom is 0.341 e. The van der Waals surface area contributed by atoms with Gasteiger partial charge >= 0.3 is 5.97 Å². The Labute approximate surface area is 127 Å². The Morgan fingerprint density at radius 1 is 1.45 bits per heavy atom. The first kappa shape index (κ1) is 16.6. The summed E-state index contributed by atoms with van der Waals surface area (Å²) in [7, 11) is 5.15. The van der Waals surface area contributed by atoms with E-state index in [1.165, 1.54) is 18.4 Å². The lowest BCUT2D eigenvalue weighted by Gasteiger charge is -2.12. The van der Waals surface area contributed by atoms with Gasteiger partial charge in [-0.15, -0.1) is 23.7 Å². The summed E-state index contributed by atoms with van der Waals surface area (Å²) in [6.07, 6.45) is 0. The number of aromatic hydroxyl groups is 1. The molecule has 0 aliphatic heterocycles. The minimum absolute atomic E-state index is 0. The number of phenols is 1. The lowest BCUT2D eigenvalue weighted by molar-refractivity contribution is 0.0604.